The lowest BCUT2D eigenvalue weighted by Crippen LogP contribution is -2.14. The maximum atomic E-state index is 5.40. The minimum atomic E-state index is -0.0288. The van der Waals surface area contributed by atoms with Crippen LogP contribution in [0.25, 0.3) is 77.2 Å². The predicted octanol–water partition coefficient (Wildman–Crippen LogP) is 12.5. The third kappa shape index (κ3) is 4.33. The van der Waals surface area contributed by atoms with Crippen LogP contribution in [0.2, 0.25) is 0 Å². The van der Waals surface area contributed by atoms with Gasteiger partial charge in [0.2, 0.25) is 0 Å². The number of hydrogen-bond donors (Lipinski definition) is 0. The summed E-state index contributed by atoms with van der Waals surface area (Å²) < 4.78 is 0. The molecule has 0 aliphatic heterocycles. The van der Waals surface area contributed by atoms with Gasteiger partial charge in [0.15, 0.2) is 0 Å². The van der Waals surface area contributed by atoms with Gasteiger partial charge in [0.25, 0.3) is 0 Å². The minimum absolute atomic E-state index is 0.0288. The largest absolute Gasteiger partial charge is 0.254 e. The Morgan fingerprint density at radius 3 is 1.90 bits per heavy atom. The first-order valence-electron chi connectivity index (χ1n) is 17.3. The Kier molecular flexibility index (Phi) is 6.45. The van der Waals surface area contributed by atoms with Crippen LogP contribution >= 0.6 is 0 Å². The molecule has 2 heterocycles. The van der Waals surface area contributed by atoms with Gasteiger partial charge in [0.05, 0.1) is 16.7 Å². The van der Waals surface area contributed by atoms with Crippen molar-refractivity contribution in [3.63, 3.8) is 0 Å². The zero-order chi connectivity index (χ0) is 33.6. The zero-order valence-corrected chi connectivity index (χ0v) is 28.9. The number of aryl methyl sites for hydroxylation is 3. The molecule has 9 rings (SSSR count). The Balaban J connectivity index is 1.18. The standard InChI is InChI=1S/C47H38N2/c1-27-26-48-45-34(28(27)2)20-21-35-29(3)30(4)44(49-46(35)45)41-23-22-36(37-14-7-8-15-38(37)41)33-13-11-12-31(24-33)32-18-19-40-39-16-9-10-17-42(39)47(5,6)43(40)25-32/h7-26H,1-6H3. The predicted molar refractivity (Wildman–Crippen MR) is 207 cm³/mol. The second kappa shape index (κ2) is 10.7. The summed E-state index contributed by atoms with van der Waals surface area (Å²) in [6.07, 6.45) is 1.98. The van der Waals surface area contributed by atoms with Crippen molar-refractivity contribution >= 4 is 32.6 Å². The molecule has 1 aliphatic rings. The molecule has 0 unspecified atom stereocenters. The van der Waals surface area contributed by atoms with Crippen LogP contribution in [-0.4, -0.2) is 9.97 Å². The van der Waals surface area contributed by atoms with E-state index in [4.69, 9.17) is 9.97 Å². The van der Waals surface area contributed by atoms with E-state index in [0.717, 1.165) is 22.3 Å². The summed E-state index contributed by atoms with van der Waals surface area (Å²) in [5.74, 6) is 0. The number of rotatable bonds is 3. The molecular formula is C47H38N2. The summed E-state index contributed by atoms with van der Waals surface area (Å²) in [5.41, 5.74) is 19.4. The van der Waals surface area contributed by atoms with E-state index in [-0.39, 0.29) is 5.41 Å². The van der Waals surface area contributed by atoms with E-state index in [9.17, 15) is 0 Å². The number of fused-ring (bicyclic) bond motifs is 7. The molecule has 1 aliphatic carbocycles. The number of benzene rings is 6. The van der Waals surface area contributed by atoms with E-state index in [0.29, 0.717) is 0 Å². The summed E-state index contributed by atoms with van der Waals surface area (Å²) >= 11 is 0. The summed E-state index contributed by atoms with van der Waals surface area (Å²) in [4.78, 5) is 10.3. The maximum absolute atomic E-state index is 5.40. The lowest BCUT2D eigenvalue weighted by molar-refractivity contribution is 0.660. The molecular weight excluding hydrogens is 593 g/mol. The molecule has 0 spiro atoms. The Hall–Kier alpha value is -5.60. The van der Waals surface area contributed by atoms with Crippen LogP contribution in [0.5, 0.6) is 0 Å². The first-order chi connectivity index (χ1) is 23.7. The van der Waals surface area contributed by atoms with Gasteiger partial charge in [-0.1, -0.05) is 117 Å². The van der Waals surface area contributed by atoms with E-state index in [2.05, 4.69) is 157 Å². The summed E-state index contributed by atoms with van der Waals surface area (Å²) in [7, 11) is 0. The van der Waals surface area contributed by atoms with Crippen LogP contribution in [0.15, 0.2) is 121 Å². The second-order valence-electron chi connectivity index (χ2n) is 14.4. The SMILES string of the molecule is Cc1cnc2c(ccc3c(C)c(C)c(-c4ccc(-c5cccc(-c6ccc7c(c6)C(C)(C)c6ccccc6-7)c5)c5ccccc45)nc32)c1C. The van der Waals surface area contributed by atoms with Gasteiger partial charge in [-0.15, -0.1) is 0 Å². The van der Waals surface area contributed by atoms with Crippen LogP contribution in [0.4, 0.5) is 0 Å². The quantitative estimate of drug-likeness (QED) is 0.182. The van der Waals surface area contributed by atoms with Crippen molar-refractivity contribution in [2.24, 2.45) is 0 Å². The monoisotopic (exact) mass is 630 g/mol. The minimum Gasteiger partial charge on any atom is -0.254 e. The molecule has 0 atom stereocenters. The highest BCUT2D eigenvalue weighted by Gasteiger charge is 2.35. The molecule has 2 nitrogen and oxygen atoms in total. The Bertz CT molecular complexity index is 2680. The molecule has 2 heteroatoms. The van der Waals surface area contributed by atoms with Crippen LogP contribution in [0.1, 0.15) is 47.2 Å². The molecule has 0 amide bonds. The van der Waals surface area contributed by atoms with Gasteiger partial charge in [-0.25, -0.2) is 4.98 Å². The topological polar surface area (TPSA) is 25.8 Å². The fourth-order valence-corrected chi connectivity index (χ4v) is 8.24. The van der Waals surface area contributed by atoms with E-state index in [1.165, 1.54) is 88.3 Å². The van der Waals surface area contributed by atoms with E-state index < -0.39 is 0 Å². The van der Waals surface area contributed by atoms with Crippen LogP contribution in [-0.2, 0) is 5.41 Å². The number of nitrogens with zero attached hydrogens (tertiary/aromatic N) is 2. The average Bonchev–Trinajstić information content (AvgIpc) is 3.36. The van der Waals surface area contributed by atoms with Crippen molar-refractivity contribution in [1.29, 1.82) is 0 Å². The van der Waals surface area contributed by atoms with Gasteiger partial charge in [-0.05, 0) is 117 Å². The zero-order valence-electron chi connectivity index (χ0n) is 28.9. The highest BCUT2D eigenvalue weighted by atomic mass is 14.8. The third-order valence-corrected chi connectivity index (χ3v) is 11.3. The molecule has 0 fully saturated rings. The molecule has 236 valence electrons. The lowest BCUT2D eigenvalue weighted by Gasteiger charge is -2.22. The van der Waals surface area contributed by atoms with Gasteiger partial charge < -0.3 is 0 Å². The first-order valence-corrected chi connectivity index (χ1v) is 17.3. The van der Waals surface area contributed by atoms with Crippen molar-refractivity contribution in [3.8, 4) is 44.6 Å². The summed E-state index contributed by atoms with van der Waals surface area (Å²) in [6.45, 7) is 13.4. The Morgan fingerprint density at radius 1 is 0.449 bits per heavy atom. The summed E-state index contributed by atoms with van der Waals surface area (Å²) in [6, 6.07) is 42.7. The average molecular weight is 631 g/mol. The molecule has 0 bridgehead atoms. The normalized spacial score (nSPS) is 13.3. The van der Waals surface area contributed by atoms with Crippen molar-refractivity contribution in [2.45, 2.75) is 47.0 Å². The molecule has 0 N–H and O–H groups in total. The van der Waals surface area contributed by atoms with E-state index in [1.807, 2.05) is 6.20 Å². The highest BCUT2D eigenvalue weighted by molar-refractivity contribution is 6.09. The van der Waals surface area contributed by atoms with Gasteiger partial charge in [0, 0.05) is 27.9 Å². The lowest BCUT2D eigenvalue weighted by atomic mass is 9.81. The number of hydrogen-bond acceptors (Lipinski definition) is 2. The molecule has 0 radical (unpaired) electrons. The van der Waals surface area contributed by atoms with Crippen LogP contribution in [0.3, 0.4) is 0 Å². The van der Waals surface area contributed by atoms with E-state index in [1.54, 1.807) is 0 Å². The molecule has 8 aromatic rings. The second-order valence-corrected chi connectivity index (χ2v) is 14.4. The van der Waals surface area contributed by atoms with Crippen LogP contribution < -0.4 is 0 Å². The fraction of sp³-hybridized carbons (Fsp3) is 0.149. The highest BCUT2D eigenvalue weighted by Crippen LogP contribution is 2.49. The molecule has 49 heavy (non-hydrogen) atoms. The molecule has 6 aromatic carbocycles. The van der Waals surface area contributed by atoms with E-state index >= 15 is 0 Å². The van der Waals surface area contributed by atoms with Crippen molar-refractivity contribution in [2.75, 3.05) is 0 Å². The summed E-state index contributed by atoms with van der Waals surface area (Å²) in [5, 5.41) is 4.77. The van der Waals surface area contributed by atoms with Gasteiger partial charge in [-0.2, -0.15) is 0 Å². The third-order valence-electron chi connectivity index (χ3n) is 11.3. The Labute approximate surface area is 288 Å². The van der Waals surface area contributed by atoms with Crippen molar-refractivity contribution in [3.05, 3.63) is 155 Å². The Morgan fingerprint density at radius 2 is 1.08 bits per heavy atom. The van der Waals surface area contributed by atoms with Gasteiger partial charge in [0.1, 0.15) is 0 Å². The molecule has 0 saturated carbocycles. The van der Waals surface area contributed by atoms with Gasteiger partial charge in [-0.3, -0.25) is 4.98 Å². The van der Waals surface area contributed by atoms with Crippen LogP contribution in [0, 0.1) is 27.7 Å². The molecule has 2 aromatic heterocycles. The van der Waals surface area contributed by atoms with Gasteiger partial charge >= 0.3 is 0 Å². The maximum Gasteiger partial charge on any atom is 0.0975 e. The number of pyridine rings is 2. The first kappa shape index (κ1) is 29.5. The van der Waals surface area contributed by atoms with Crippen molar-refractivity contribution in [1.82, 2.24) is 9.97 Å². The molecule has 0 saturated heterocycles. The number of aromatic nitrogens is 2. The fourth-order valence-electron chi connectivity index (χ4n) is 8.24. The smallest absolute Gasteiger partial charge is 0.0975 e. The van der Waals surface area contributed by atoms with Crippen molar-refractivity contribution < 1.29 is 0 Å².